The van der Waals surface area contributed by atoms with Gasteiger partial charge in [-0.2, -0.15) is 24.9 Å². The van der Waals surface area contributed by atoms with Crippen LogP contribution in [-0.4, -0.2) is 36.3 Å². The Morgan fingerprint density at radius 2 is 2.11 bits per heavy atom. The molecule has 0 saturated carbocycles. The average molecular weight is 294 g/mol. The van der Waals surface area contributed by atoms with Crippen LogP contribution in [0.5, 0.6) is 5.88 Å². The number of unbranched alkanes of at least 4 members (excludes halogenated alkanes) is 1. The molecule has 0 atom stereocenters. The molecule has 1 aromatic rings. The Morgan fingerprint density at radius 3 is 2.68 bits per heavy atom. The van der Waals surface area contributed by atoms with E-state index in [0.29, 0.717) is 0 Å². The lowest BCUT2D eigenvalue weighted by Crippen LogP contribution is -2.19. The van der Waals surface area contributed by atoms with Crippen molar-refractivity contribution < 1.29 is 17.9 Å². The summed E-state index contributed by atoms with van der Waals surface area (Å²) in [4.78, 5) is 3.81. The Balaban J connectivity index is 2.27. The molecule has 0 unspecified atom stereocenters. The Morgan fingerprint density at radius 1 is 1.32 bits per heavy atom. The number of rotatable bonds is 8. The van der Waals surface area contributed by atoms with Gasteiger partial charge >= 0.3 is 6.18 Å². The number of ether oxygens (including phenoxy) is 1. The van der Waals surface area contributed by atoms with Crippen molar-refractivity contribution in [2.45, 2.75) is 19.0 Å². The summed E-state index contributed by atoms with van der Waals surface area (Å²) in [6.07, 6.45) is 1.38. The van der Waals surface area contributed by atoms with Gasteiger partial charge in [0.1, 0.15) is 0 Å². The third kappa shape index (κ3) is 7.81. The number of halogens is 3. The lowest BCUT2D eigenvalue weighted by molar-refractivity contribution is -0.154. The van der Waals surface area contributed by atoms with E-state index < -0.39 is 12.8 Å². The van der Waals surface area contributed by atoms with Gasteiger partial charge in [-0.15, -0.1) is 0 Å². The lowest BCUT2D eigenvalue weighted by atomic mass is 10.3. The highest BCUT2D eigenvalue weighted by molar-refractivity contribution is 7.98. The van der Waals surface area contributed by atoms with Gasteiger partial charge < -0.3 is 10.1 Å². The molecule has 0 aliphatic rings. The van der Waals surface area contributed by atoms with Gasteiger partial charge in [-0.1, -0.05) is 0 Å². The van der Waals surface area contributed by atoms with E-state index in [0.717, 1.165) is 30.8 Å². The van der Waals surface area contributed by atoms with Gasteiger partial charge in [-0.3, -0.25) is 0 Å². The molecular weight excluding hydrogens is 277 g/mol. The van der Waals surface area contributed by atoms with E-state index in [4.69, 9.17) is 0 Å². The van der Waals surface area contributed by atoms with E-state index in [1.54, 1.807) is 6.07 Å². The molecule has 1 rings (SSSR count). The maximum atomic E-state index is 11.9. The predicted octanol–water partition coefficient (Wildman–Crippen LogP) is 3.58. The molecule has 0 aromatic carbocycles. The van der Waals surface area contributed by atoms with Crippen LogP contribution in [0.25, 0.3) is 0 Å². The number of nitrogens with zero attached hydrogens (tertiary/aromatic N) is 1. The first kappa shape index (κ1) is 15.9. The first-order valence-corrected chi connectivity index (χ1v) is 7.29. The van der Waals surface area contributed by atoms with E-state index in [1.807, 2.05) is 11.8 Å². The second-order valence-corrected chi connectivity index (χ2v) is 4.90. The fourth-order valence-corrected chi connectivity index (χ4v) is 1.82. The van der Waals surface area contributed by atoms with Crippen LogP contribution in [0, 0.1) is 0 Å². The molecule has 0 bridgehead atoms. The lowest BCUT2D eigenvalue weighted by Gasteiger charge is -2.09. The maximum Gasteiger partial charge on any atom is 0.422 e. The van der Waals surface area contributed by atoms with E-state index >= 15 is 0 Å². The van der Waals surface area contributed by atoms with E-state index in [2.05, 4.69) is 21.3 Å². The van der Waals surface area contributed by atoms with Crippen molar-refractivity contribution in [1.82, 2.24) is 4.98 Å². The van der Waals surface area contributed by atoms with Crippen LogP contribution in [0.3, 0.4) is 0 Å². The minimum absolute atomic E-state index is 0.0229. The van der Waals surface area contributed by atoms with Gasteiger partial charge in [-0.05, 0) is 30.9 Å². The number of anilines is 1. The summed E-state index contributed by atoms with van der Waals surface area (Å²) in [7, 11) is 0. The van der Waals surface area contributed by atoms with Crippen LogP contribution >= 0.6 is 11.8 Å². The third-order valence-corrected chi connectivity index (χ3v) is 2.92. The second kappa shape index (κ2) is 8.14. The van der Waals surface area contributed by atoms with Gasteiger partial charge in [0, 0.05) is 12.6 Å². The highest BCUT2D eigenvalue weighted by Gasteiger charge is 2.28. The van der Waals surface area contributed by atoms with Crippen molar-refractivity contribution in [3.63, 3.8) is 0 Å². The molecule has 0 aliphatic carbocycles. The Hall–Kier alpha value is -1.11. The van der Waals surface area contributed by atoms with Crippen LogP contribution in [-0.2, 0) is 0 Å². The molecule has 0 spiro atoms. The van der Waals surface area contributed by atoms with Crippen molar-refractivity contribution in [2.24, 2.45) is 0 Å². The van der Waals surface area contributed by atoms with E-state index in [9.17, 15) is 13.2 Å². The third-order valence-electron chi connectivity index (χ3n) is 2.22. The Bertz CT molecular complexity index is 357. The minimum atomic E-state index is -4.34. The normalized spacial score (nSPS) is 11.4. The van der Waals surface area contributed by atoms with Crippen molar-refractivity contribution in [3.05, 3.63) is 18.3 Å². The van der Waals surface area contributed by atoms with Crippen LogP contribution in [0.15, 0.2) is 18.3 Å². The van der Waals surface area contributed by atoms with E-state index in [-0.39, 0.29) is 5.88 Å². The van der Waals surface area contributed by atoms with Crippen molar-refractivity contribution in [1.29, 1.82) is 0 Å². The number of alkyl halides is 3. The fourth-order valence-electron chi connectivity index (χ4n) is 1.33. The zero-order valence-electron chi connectivity index (χ0n) is 10.7. The summed E-state index contributed by atoms with van der Waals surface area (Å²) in [5.41, 5.74) is 0.781. The first-order chi connectivity index (χ1) is 9.01. The smallest absolute Gasteiger partial charge is 0.422 e. The molecule has 1 N–H and O–H groups in total. The molecule has 1 aromatic heterocycles. The van der Waals surface area contributed by atoms with Crippen LogP contribution in [0.1, 0.15) is 12.8 Å². The highest BCUT2D eigenvalue weighted by Crippen LogP contribution is 2.18. The van der Waals surface area contributed by atoms with Gasteiger partial charge in [0.25, 0.3) is 0 Å². The summed E-state index contributed by atoms with van der Waals surface area (Å²) in [6, 6.07) is 3.09. The first-order valence-electron chi connectivity index (χ1n) is 5.89. The average Bonchev–Trinajstić information content (AvgIpc) is 2.37. The quantitative estimate of drug-likeness (QED) is 0.743. The van der Waals surface area contributed by atoms with E-state index in [1.165, 1.54) is 12.3 Å². The second-order valence-electron chi connectivity index (χ2n) is 3.92. The molecule has 3 nitrogen and oxygen atoms in total. The van der Waals surface area contributed by atoms with Crippen LogP contribution in [0.2, 0.25) is 0 Å². The standard InChI is InChI=1S/C12H17F3N2OS/c1-19-7-3-2-6-16-10-4-5-11(17-8-10)18-9-12(13,14)15/h4-5,8,16H,2-3,6-7,9H2,1H3. The van der Waals surface area contributed by atoms with Gasteiger partial charge in [0.2, 0.25) is 5.88 Å². The van der Waals surface area contributed by atoms with Crippen LogP contribution in [0.4, 0.5) is 18.9 Å². The number of nitrogens with one attached hydrogen (secondary N) is 1. The molecule has 7 heteroatoms. The van der Waals surface area contributed by atoms with Crippen molar-refractivity contribution in [2.75, 3.05) is 30.5 Å². The molecule has 108 valence electrons. The number of hydrogen-bond acceptors (Lipinski definition) is 4. The van der Waals surface area contributed by atoms with Gasteiger partial charge in [-0.25, -0.2) is 4.98 Å². The molecule has 0 radical (unpaired) electrons. The molecule has 0 aliphatic heterocycles. The highest BCUT2D eigenvalue weighted by atomic mass is 32.2. The molecule has 0 fully saturated rings. The molecule has 19 heavy (non-hydrogen) atoms. The molecule has 0 amide bonds. The zero-order chi connectivity index (χ0) is 14.1. The summed E-state index contributed by atoms with van der Waals surface area (Å²) >= 11 is 1.81. The molecule has 0 saturated heterocycles. The van der Waals surface area contributed by atoms with Crippen molar-refractivity contribution >= 4 is 17.4 Å². The van der Waals surface area contributed by atoms with Crippen LogP contribution < -0.4 is 10.1 Å². The maximum absolute atomic E-state index is 11.9. The van der Waals surface area contributed by atoms with Gasteiger partial charge in [0.15, 0.2) is 6.61 Å². The Labute approximate surface area is 114 Å². The Kier molecular flexibility index (Phi) is 6.83. The fraction of sp³-hybridized carbons (Fsp3) is 0.583. The SMILES string of the molecule is CSCCCCNc1ccc(OCC(F)(F)F)nc1. The number of hydrogen-bond donors (Lipinski definition) is 1. The summed E-state index contributed by atoms with van der Waals surface area (Å²) < 4.78 is 40.3. The van der Waals surface area contributed by atoms with Crippen molar-refractivity contribution in [3.8, 4) is 5.88 Å². The summed E-state index contributed by atoms with van der Waals surface area (Å²) in [5.74, 6) is 1.11. The minimum Gasteiger partial charge on any atom is -0.468 e. The number of aromatic nitrogens is 1. The zero-order valence-corrected chi connectivity index (χ0v) is 11.5. The van der Waals surface area contributed by atoms with Gasteiger partial charge in [0.05, 0.1) is 11.9 Å². The number of thioether (sulfide) groups is 1. The topological polar surface area (TPSA) is 34.1 Å². The summed E-state index contributed by atoms with van der Waals surface area (Å²) in [5, 5.41) is 3.15. The molecular formula is C12H17F3N2OS. The number of pyridine rings is 1. The molecule has 1 heterocycles. The predicted molar refractivity (Wildman–Crippen MR) is 71.9 cm³/mol. The monoisotopic (exact) mass is 294 g/mol. The summed E-state index contributed by atoms with van der Waals surface area (Å²) in [6.45, 7) is -0.494. The largest absolute Gasteiger partial charge is 0.468 e.